The molecule has 19 heavy (non-hydrogen) atoms. The van der Waals surface area contributed by atoms with E-state index in [1.54, 1.807) is 0 Å². The van der Waals surface area contributed by atoms with E-state index in [2.05, 4.69) is 15.5 Å². The normalized spacial score (nSPS) is 16.2. The minimum absolute atomic E-state index is 0.135. The van der Waals surface area contributed by atoms with Gasteiger partial charge in [0, 0.05) is 32.1 Å². The summed E-state index contributed by atoms with van der Waals surface area (Å²) in [4.78, 5) is 22.6. The van der Waals surface area contributed by atoms with E-state index in [0.29, 0.717) is 18.8 Å². The topological polar surface area (TPSA) is 110 Å². The highest BCUT2D eigenvalue weighted by atomic mass is 16.5. The number of hydrogen-bond acceptors (Lipinski definition) is 4. The van der Waals surface area contributed by atoms with Crippen LogP contribution in [0.1, 0.15) is 41.2 Å². The van der Waals surface area contributed by atoms with Crippen LogP contribution in [0.2, 0.25) is 0 Å². The van der Waals surface area contributed by atoms with Crippen molar-refractivity contribution in [2.24, 2.45) is 5.73 Å². The van der Waals surface area contributed by atoms with Gasteiger partial charge in [0.2, 0.25) is 5.91 Å². The van der Waals surface area contributed by atoms with Crippen LogP contribution < -0.4 is 11.1 Å². The summed E-state index contributed by atoms with van der Waals surface area (Å²) in [6.45, 7) is 1.64. The molecular weight excluding hydrogens is 248 g/mol. The number of aromatic amines is 1. The molecule has 2 rings (SSSR count). The Kier molecular flexibility index (Phi) is 4.51. The number of H-pyrrole nitrogens is 1. The zero-order chi connectivity index (χ0) is 13.7. The van der Waals surface area contributed by atoms with Crippen LogP contribution in [0.5, 0.6) is 0 Å². The number of nitrogens with zero attached hydrogens (tertiary/aromatic N) is 1. The summed E-state index contributed by atoms with van der Waals surface area (Å²) in [6, 6.07) is 0. The van der Waals surface area contributed by atoms with Gasteiger partial charge in [-0.2, -0.15) is 5.10 Å². The molecule has 0 unspecified atom stereocenters. The van der Waals surface area contributed by atoms with Crippen LogP contribution in [-0.2, 0) is 9.53 Å². The van der Waals surface area contributed by atoms with Crippen LogP contribution in [0.25, 0.3) is 0 Å². The maximum atomic E-state index is 12.0. The fraction of sp³-hybridized carbons (Fsp3) is 0.583. The molecule has 1 aromatic heterocycles. The Hall–Kier alpha value is -1.89. The second-order valence-corrected chi connectivity index (χ2v) is 4.56. The quantitative estimate of drug-likeness (QED) is 0.691. The molecule has 1 fully saturated rings. The first kappa shape index (κ1) is 13.5. The number of nitrogens with one attached hydrogen (secondary N) is 2. The molecule has 0 saturated carbocycles. The zero-order valence-electron chi connectivity index (χ0n) is 10.6. The van der Waals surface area contributed by atoms with E-state index in [-0.39, 0.29) is 24.8 Å². The molecule has 1 saturated heterocycles. The van der Waals surface area contributed by atoms with Crippen molar-refractivity contribution >= 4 is 11.8 Å². The third-order valence-corrected chi connectivity index (χ3v) is 3.20. The second kappa shape index (κ2) is 6.33. The van der Waals surface area contributed by atoms with E-state index in [1.807, 2.05) is 0 Å². The number of nitrogens with two attached hydrogens (primary N) is 1. The molecule has 2 amide bonds. The van der Waals surface area contributed by atoms with Crippen molar-refractivity contribution in [1.82, 2.24) is 15.5 Å². The second-order valence-electron chi connectivity index (χ2n) is 4.56. The SMILES string of the molecule is NC(=O)CCNC(=O)c1cn[nH]c1C1CCOCC1. The Bertz CT molecular complexity index is 452. The van der Waals surface area contributed by atoms with Gasteiger partial charge in [0.1, 0.15) is 0 Å². The number of carbonyl (C=O) groups excluding carboxylic acids is 2. The van der Waals surface area contributed by atoms with Gasteiger partial charge in [0.25, 0.3) is 5.91 Å². The summed E-state index contributed by atoms with van der Waals surface area (Å²) in [5.74, 6) is -0.387. The van der Waals surface area contributed by atoms with Crippen molar-refractivity contribution in [1.29, 1.82) is 0 Å². The van der Waals surface area contributed by atoms with Crippen molar-refractivity contribution in [3.8, 4) is 0 Å². The Labute approximate surface area is 110 Å². The number of rotatable bonds is 5. The lowest BCUT2D eigenvalue weighted by molar-refractivity contribution is -0.117. The smallest absolute Gasteiger partial charge is 0.254 e. The number of primary amides is 1. The van der Waals surface area contributed by atoms with Gasteiger partial charge >= 0.3 is 0 Å². The zero-order valence-corrected chi connectivity index (χ0v) is 10.6. The highest BCUT2D eigenvalue weighted by Gasteiger charge is 2.23. The Morgan fingerprint density at radius 1 is 1.47 bits per heavy atom. The molecule has 1 aromatic rings. The fourth-order valence-electron chi connectivity index (χ4n) is 2.17. The van der Waals surface area contributed by atoms with Gasteiger partial charge in [-0.15, -0.1) is 0 Å². The van der Waals surface area contributed by atoms with Crippen molar-refractivity contribution in [3.05, 3.63) is 17.5 Å². The summed E-state index contributed by atoms with van der Waals surface area (Å²) >= 11 is 0. The van der Waals surface area contributed by atoms with Crippen LogP contribution in [0.4, 0.5) is 0 Å². The van der Waals surface area contributed by atoms with Crippen molar-refractivity contribution < 1.29 is 14.3 Å². The molecular formula is C12H18N4O3. The summed E-state index contributed by atoms with van der Waals surface area (Å²) in [5, 5.41) is 9.51. The van der Waals surface area contributed by atoms with Crippen LogP contribution >= 0.6 is 0 Å². The largest absolute Gasteiger partial charge is 0.381 e. The highest BCUT2D eigenvalue weighted by Crippen LogP contribution is 2.27. The molecule has 0 bridgehead atoms. The monoisotopic (exact) mass is 266 g/mol. The first-order valence-corrected chi connectivity index (χ1v) is 6.36. The van der Waals surface area contributed by atoms with Gasteiger partial charge in [-0.05, 0) is 12.8 Å². The Balaban J connectivity index is 1.97. The molecule has 1 aliphatic rings. The van der Waals surface area contributed by atoms with Crippen molar-refractivity contribution in [3.63, 3.8) is 0 Å². The summed E-state index contributed by atoms with van der Waals surface area (Å²) in [5.41, 5.74) is 6.41. The van der Waals surface area contributed by atoms with Gasteiger partial charge in [-0.25, -0.2) is 0 Å². The Morgan fingerprint density at radius 3 is 2.89 bits per heavy atom. The molecule has 0 radical (unpaired) electrons. The summed E-state index contributed by atoms with van der Waals surface area (Å²) < 4.78 is 5.30. The van der Waals surface area contributed by atoms with E-state index < -0.39 is 5.91 Å². The van der Waals surface area contributed by atoms with Crippen LogP contribution in [0.3, 0.4) is 0 Å². The maximum absolute atomic E-state index is 12.0. The van der Waals surface area contributed by atoms with Crippen LogP contribution in [0.15, 0.2) is 6.20 Å². The number of hydrogen-bond donors (Lipinski definition) is 3. The third kappa shape index (κ3) is 3.54. The molecule has 7 heteroatoms. The standard InChI is InChI=1S/C12H18N4O3/c13-10(17)1-4-14-12(18)9-7-15-16-11(9)8-2-5-19-6-3-8/h7-8H,1-6H2,(H2,13,17)(H,14,18)(H,15,16). The lowest BCUT2D eigenvalue weighted by Gasteiger charge is -2.21. The van der Waals surface area contributed by atoms with Gasteiger partial charge in [0.05, 0.1) is 17.5 Å². The minimum atomic E-state index is -0.433. The predicted molar refractivity (Wildman–Crippen MR) is 67.5 cm³/mol. The maximum Gasteiger partial charge on any atom is 0.254 e. The van der Waals surface area contributed by atoms with Crippen LogP contribution in [-0.4, -0.2) is 41.8 Å². The van der Waals surface area contributed by atoms with Gasteiger partial charge in [-0.1, -0.05) is 0 Å². The number of aromatic nitrogens is 2. The average Bonchev–Trinajstić information content (AvgIpc) is 2.88. The summed E-state index contributed by atoms with van der Waals surface area (Å²) in [7, 11) is 0. The van der Waals surface area contributed by atoms with Crippen molar-refractivity contribution in [2.75, 3.05) is 19.8 Å². The van der Waals surface area contributed by atoms with E-state index >= 15 is 0 Å². The van der Waals surface area contributed by atoms with Crippen LogP contribution in [0, 0.1) is 0 Å². The van der Waals surface area contributed by atoms with E-state index in [9.17, 15) is 9.59 Å². The lowest BCUT2D eigenvalue weighted by atomic mass is 9.94. The van der Waals surface area contributed by atoms with Gasteiger partial charge in [-0.3, -0.25) is 14.7 Å². The molecule has 7 nitrogen and oxygen atoms in total. The van der Waals surface area contributed by atoms with E-state index in [0.717, 1.165) is 18.5 Å². The van der Waals surface area contributed by atoms with E-state index in [4.69, 9.17) is 10.5 Å². The van der Waals surface area contributed by atoms with Crippen molar-refractivity contribution in [2.45, 2.75) is 25.2 Å². The number of amides is 2. The highest BCUT2D eigenvalue weighted by molar-refractivity contribution is 5.95. The molecule has 1 aliphatic heterocycles. The Morgan fingerprint density at radius 2 is 2.21 bits per heavy atom. The van der Waals surface area contributed by atoms with Gasteiger partial charge in [0.15, 0.2) is 0 Å². The third-order valence-electron chi connectivity index (χ3n) is 3.20. The minimum Gasteiger partial charge on any atom is -0.381 e. The molecule has 104 valence electrons. The number of carbonyl (C=O) groups is 2. The molecule has 4 N–H and O–H groups in total. The number of ether oxygens (including phenoxy) is 1. The molecule has 0 spiro atoms. The molecule has 0 aliphatic carbocycles. The predicted octanol–water partition coefficient (Wildman–Crippen LogP) is -0.0911. The molecule has 0 aromatic carbocycles. The average molecular weight is 266 g/mol. The van der Waals surface area contributed by atoms with Gasteiger partial charge < -0.3 is 15.8 Å². The molecule has 2 heterocycles. The first-order valence-electron chi connectivity index (χ1n) is 6.36. The van der Waals surface area contributed by atoms with E-state index in [1.165, 1.54) is 6.20 Å². The fourth-order valence-corrected chi connectivity index (χ4v) is 2.17. The summed E-state index contributed by atoms with van der Waals surface area (Å²) in [6.07, 6.45) is 3.41. The molecule has 0 atom stereocenters. The first-order chi connectivity index (χ1) is 9.18. The lowest BCUT2D eigenvalue weighted by Crippen LogP contribution is -2.29.